The van der Waals surface area contributed by atoms with Gasteiger partial charge in [0.15, 0.2) is 0 Å². The van der Waals surface area contributed by atoms with Gasteiger partial charge in [-0.15, -0.1) is 0 Å². The molecule has 1 atom stereocenters. The lowest BCUT2D eigenvalue weighted by molar-refractivity contribution is 0.0742. The molecule has 4 nitrogen and oxygen atoms in total. The van der Waals surface area contributed by atoms with Gasteiger partial charge in [0, 0.05) is 12.1 Å². The SMILES string of the molecule is CC1(C)CB(c2cccc(-c3cccc(C(N)c4ccccc4)c3)c2)O1.NNCc1ccc(-c2ccccc2)cc1. The van der Waals surface area contributed by atoms with Gasteiger partial charge in [-0.2, -0.15) is 0 Å². The van der Waals surface area contributed by atoms with Crippen LogP contribution in [0.4, 0.5) is 0 Å². The third kappa shape index (κ3) is 7.40. The monoisotopic (exact) mass is 539 g/mol. The molecule has 1 aliphatic heterocycles. The second kappa shape index (κ2) is 13.1. The van der Waals surface area contributed by atoms with Gasteiger partial charge in [-0.3, -0.25) is 11.3 Å². The Hall–Kier alpha value is -4.00. The summed E-state index contributed by atoms with van der Waals surface area (Å²) in [6.45, 7) is 5.19. The topological polar surface area (TPSA) is 73.3 Å². The molecule has 5 N–H and O–H groups in total. The Balaban J connectivity index is 0.000000191. The molecule has 5 aromatic rings. The molecule has 1 fully saturated rings. The molecule has 0 radical (unpaired) electrons. The quantitative estimate of drug-likeness (QED) is 0.122. The van der Waals surface area contributed by atoms with Crippen LogP contribution >= 0.6 is 0 Å². The van der Waals surface area contributed by atoms with E-state index in [1.54, 1.807) is 0 Å². The first kappa shape index (κ1) is 28.5. The van der Waals surface area contributed by atoms with Crippen LogP contribution in [0, 0.1) is 0 Å². The fourth-order valence-electron chi connectivity index (χ4n) is 5.25. The van der Waals surface area contributed by atoms with Crippen LogP contribution in [-0.2, 0) is 11.2 Å². The number of benzene rings is 5. The Morgan fingerprint density at radius 2 is 1.22 bits per heavy atom. The Morgan fingerprint density at radius 1 is 0.683 bits per heavy atom. The molecule has 0 amide bonds. The molecule has 1 heterocycles. The van der Waals surface area contributed by atoms with Crippen molar-refractivity contribution < 1.29 is 4.65 Å². The number of rotatable bonds is 7. The third-order valence-corrected chi connectivity index (χ3v) is 7.50. The van der Waals surface area contributed by atoms with Crippen molar-refractivity contribution in [3.05, 3.63) is 150 Å². The average molecular weight is 540 g/mol. The Kier molecular flexibility index (Phi) is 9.12. The summed E-state index contributed by atoms with van der Waals surface area (Å²) in [4.78, 5) is 0. The second-order valence-corrected chi connectivity index (χ2v) is 11.2. The van der Waals surface area contributed by atoms with Crippen LogP contribution < -0.4 is 22.5 Å². The molecule has 1 unspecified atom stereocenters. The molecule has 1 aliphatic rings. The highest BCUT2D eigenvalue weighted by molar-refractivity contribution is 6.70. The lowest BCUT2D eigenvalue weighted by Crippen LogP contribution is -2.54. The van der Waals surface area contributed by atoms with E-state index in [-0.39, 0.29) is 18.6 Å². The highest BCUT2D eigenvalue weighted by Crippen LogP contribution is 2.31. The lowest BCUT2D eigenvalue weighted by Gasteiger charge is -2.41. The van der Waals surface area contributed by atoms with Gasteiger partial charge >= 0.3 is 6.92 Å². The maximum Gasteiger partial charge on any atom is 0.330 e. The van der Waals surface area contributed by atoms with Gasteiger partial charge in [0.05, 0.1) is 6.04 Å². The first-order valence-corrected chi connectivity index (χ1v) is 14.2. The number of hydrazine groups is 1. The van der Waals surface area contributed by atoms with E-state index in [1.165, 1.54) is 33.3 Å². The fraction of sp³-hybridized carbons (Fsp3) is 0.167. The zero-order chi connectivity index (χ0) is 28.7. The molecule has 0 aliphatic carbocycles. The van der Waals surface area contributed by atoms with Crippen LogP contribution in [0.25, 0.3) is 22.3 Å². The van der Waals surface area contributed by atoms with Gasteiger partial charge in [0.2, 0.25) is 0 Å². The molecule has 0 saturated carbocycles. The summed E-state index contributed by atoms with van der Waals surface area (Å²) in [5.74, 6) is 5.26. The number of nitrogens with two attached hydrogens (primary N) is 2. The van der Waals surface area contributed by atoms with Crippen molar-refractivity contribution in [2.24, 2.45) is 11.6 Å². The Bertz CT molecular complexity index is 1530. The van der Waals surface area contributed by atoms with Gasteiger partial charge < -0.3 is 10.4 Å². The third-order valence-electron chi connectivity index (χ3n) is 7.50. The van der Waals surface area contributed by atoms with Gasteiger partial charge in [0.25, 0.3) is 0 Å². The number of hydrogen-bond donors (Lipinski definition) is 3. The summed E-state index contributed by atoms with van der Waals surface area (Å²) >= 11 is 0. The van der Waals surface area contributed by atoms with Crippen molar-refractivity contribution in [3.8, 4) is 22.3 Å². The van der Waals surface area contributed by atoms with Crippen molar-refractivity contribution in [1.29, 1.82) is 0 Å². The molecular formula is C36H38BN3O. The van der Waals surface area contributed by atoms with Crippen LogP contribution in [0.1, 0.15) is 36.6 Å². The van der Waals surface area contributed by atoms with E-state index in [4.69, 9.17) is 16.2 Å². The molecule has 5 heteroatoms. The summed E-state index contributed by atoms with van der Waals surface area (Å²) in [5.41, 5.74) is 18.7. The highest BCUT2D eigenvalue weighted by Gasteiger charge is 2.41. The minimum absolute atomic E-state index is 0.00302. The van der Waals surface area contributed by atoms with Gasteiger partial charge in [0.1, 0.15) is 0 Å². The minimum atomic E-state index is -0.116. The van der Waals surface area contributed by atoms with E-state index in [0.29, 0.717) is 6.54 Å². The molecule has 206 valence electrons. The number of nitrogens with one attached hydrogen (secondary N) is 1. The summed E-state index contributed by atoms with van der Waals surface area (Å²) in [7, 11) is 0. The zero-order valence-electron chi connectivity index (χ0n) is 23.8. The number of hydrogen-bond acceptors (Lipinski definition) is 4. The zero-order valence-corrected chi connectivity index (χ0v) is 23.8. The van der Waals surface area contributed by atoms with Crippen molar-refractivity contribution >= 4 is 12.4 Å². The second-order valence-electron chi connectivity index (χ2n) is 11.2. The Morgan fingerprint density at radius 3 is 1.85 bits per heavy atom. The van der Waals surface area contributed by atoms with Crippen LogP contribution in [0.5, 0.6) is 0 Å². The van der Waals surface area contributed by atoms with Crippen LogP contribution in [0.15, 0.2) is 133 Å². The van der Waals surface area contributed by atoms with Crippen molar-refractivity contribution in [3.63, 3.8) is 0 Å². The van der Waals surface area contributed by atoms with Gasteiger partial charge in [-0.25, -0.2) is 0 Å². The minimum Gasteiger partial charge on any atom is -0.427 e. The van der Waals surface area contributed by atoms with Gasteiger partial charge in [-0.1, -0.05) is 127 Å². The average Bonchev–Trinajstić information content (AvgIpc) is 3.01. The highest BCUT2D eigenvalue weighted by atomic mass is 16.5. The molecule has 6 rings (SSSR count). The largest absolute Gasteiger partial charge is 0.427 e. The fourth-order valence-corrected chi connectivity index (χ4v) is 5.25. The summed E-state index contributed by atoms with van der Waals surface area (Å²) < 4.78 is 6.00. The van der Waals surface area contributed by atoms with E-state index >= 15 is 0 Å². The first-order chi connectivity index (χ1) is 19.9. The van der Waals surface area contributed by atoms with Crippen LogP contribution in [-0.4, -0.2) is 12.5 Å². The lowest BCUT2D eigenvalue weighted by atomic mass is 9.48. The Labute approximate surface area is 244 Å². The van der Waals surface area contributed by atoms with Crippen molar-refractivity contribution in [2.75, 3.05) is 0 Å². The maximum atomic E-state index is 6.48. The predicted octanol–water partition coefficient (Wildman–Crippen LogP) is 6.73. The van der Waals surface area contributed by atoms with Crippen molar-refractivity contribution in [1.82, 2.24) is 5.43 Å². The van der Waals surface area contributed by atoms with Crippen LogP contribution in [0.3, 0.4) is 0 Å². The molecular weight excluding hydrogens is 501 g/mol. The standard InChI is InChI=1S/C23H24BNO.C13H14N2/c1-23(2)16-24(26-23)21-13-7-11-19(15-21)18-10-6-12-20(14-18)22(25)17-8-4-3-5-9-17;14-15-10-11-6-8-13(9-7-11)12-4-2-1-3-5-12/h3-15,22H,16,25H2,1-2H3;1-9,15H,10,14H2. The smallest absolute Gasteiger partial charge is 0.330 e. The van der Waals surface area contributed by atoms with Crippen molar-refractivity contribution in [2.45, 2.75) is 38.4 Å². The summed E-state index contributed by atoms with van der Waals surface area (Å²) in [6.07, 6.45) is 1.06. The molecule has 0 spiro atoms. The summed E-state index contributed by atoms with van der Waals surface area (Å²) in [5, 5.41) is 0. The van der Waals surface area contributed by atoms with E-state index in [1.807, 2.05) is 36.4 Å². The van der Waals surface area contributed by atoms with E-state index in [0.717, 1.165) is 17.4 Å². The summed E-state index contributed by atoms with van der Waals surface area (Å²) in [6, 6.07) is 46.0. The van der Waals surface area contributed by atoms with E-state index in [2.05, 4.69) is 116 Å². The maximum absolute atomic E-state index is 6.48. The van der Waals surface area contributed by atoms with Gasteiger partial charge in [-0.05, 0) is 70.6 Å². The molecule has 0 aromatic heterocycles. The molecule has 0 bridgehead atoms. The molecule has 5 aromatic carbocycles. The van der Waals surface area contributed by atoms with Crippen LogP contribution in [0.2, 0.25) is 6.32 Å². The molecule has 41 heavy (non-hydrogen) atoms. The van der Waals surface area contributed by atoms with E-state index < -0.39 is 0 Å². The predicted molar refractivity (Wildman–Crippen MR) is 173 cm³/mol. The molecule has 1 saturated heterocycles. The first-order valence-electron chi connectivity index (χ1n) is 14.2. The van der Waals surface area contributed by atoms with E-state index in [9.17, 15) is 0 Å². The normalized spacial score (nSPS) is 14.4.